The lowest BCUT2D eigenvalue weighted by Gasteiger charge is -2.01. The monoisotopic (exact) mass is 222 g/mol. The van der Waals surface area contributed by atoms with E-state index in [9.17, 15) is 13.6 Å². The van der Waals surface area contributed by atoms with Crippen molar-refractivity contribution >= 4 is 5.91 Å². The lowest BCUT2D eigenvalue weighted by Crippen LogP contribution is -2.12. The first-order valence-electron chi connectivity index (χ1n) is 4.30. The second kappa shape index (κ2) is 3.73. The van der Waals surface area contributed by atoms with Gasteiger partial charge in [-0.2, -0.15) is 5.10 Å². The van der Waals surface area contributed by atoms with Crippen molar-refractivity contribution in [3.8, 4) is 5.69 Å². The first-order valence-corrected chi connectivity index (χ1v) is 4.30. The number of carbonyl (C=O) groups is 1. The van der Waals surface area contributed by atoms with Crippen LogP contribution in [0.5, 0.6) is 0 Å². The molecule has 1 aromatic carbocycles. The summed E-state index contributed by atoms with van der Waals surface area (Å²) in [6.07, 6.45) is 1.27. The molecule has 0 unspecified atom stereocenters. The summed E-state index contributed by atoms with van der Waals surface area (Å²) in [5.74, 6) is -2.21. The largest absolute Gasteiger partial charge is 0.364 e. The number of benzene rings is 1. The van der Waals surface area contributed by atoms with Gasteiger partial charge in [0.2, 0.25) is 0 Å². The number of primary amides is 1. The van der Waals surface area contributed by atoms with Crippen molar-refractivity contribution in [1.29, 1.82) is 0 Å². The van der Waals surface area contributed by atoms with Crippen molar-refractivity contribution in [3.63, 3.8) is 0 Å². The lowest BCUT2D eigenvalue weighted by molar-refractivity contribution is 0.0995. The van der Waals surface area contributed by atoms with Crippen LogP contribution in [0.4, 0.5) is 8.78 Å². The number of hydrogen-bond acceptors (Lipinski definition) is 2. The van der Waals surface area contributed by atoms with Crippen LogP contribution in [0.2, 0.25) is 0 Å². The third-order valence-corrected chi connectivity index (χ3v) is 1.88. The molecule has 6 heteroatoms. The number of nitrogens with two attached hydrogens (primary N) is 1. The van der Waals surface area contributed by atoms with Gasteiger partial charge in [0.25, 0.3) is 5.91 Å². The molecular weight excluding hydrogens is 216 g/mol. The second-order valence-electron chi connectivity index (χ2n) is 3.06. The van der Waals surface area contributed by atoms with E-state index in [0.29, 0.717) is 0 Å². The molecule has 0 saturated heterocycles. The number of aromatic nitrogens is 2. The molecule has 1 amide bonds. The first kappa shape index (κ1) is 10.3. The van der Waals surface area contributed by atoms with Crippen LogP contribution in [0.25, 0.3) is 5.69 Å². The molecule has 2 N–H and O–H groups in total. The second-order valence-corrected chi connectivity index (χ2v) is 3.06. The minimum absolute atomic E-state index is 0.0929. The van der Waals surface area contributed by atoms with Gasteiger partial charge in [-0.25, -0.2) is 13.5 Å². The summed E-state index contributed by atoms with van der Waals surface area (Å²) in [5.41, 5.74) is 5.03. The maximum Gasteiger partial charge on any atom is 0.269 e. The van der Waals surface area contributed by atoms with E-state index in [4.69, 9.17) is 5.73 Å². The van der Waals surface area contributed by atoms with Gasteiger partial charge in [-0.3, -0.25) is 4.79 Å². The minimum atomic E-state index is -0.754. The van der Waals surface area contributed by atoms with E-state index >= 15 is 0 Å². The van der Waals surface area contributed by atoms with Gasteiger partial charge in [0.1, 0.15) is 11.6 Å². The van der Waals surface area contributed by atoms with Crippen molar-refractivity contribution in [3.05, 3.63) is 47.8 Å². The van der Waals surface area contributed by atoms with Crippen LogP contribution in [0, 0.1) is 17.7 Å². The van der Waals surface area contributed by atoms with Crippen molar-refractivity contribution in [1.82, 2.24) is 9.78 Å². The Morgan fingerprint density at radius 2 is 1.94 bits per heavy atom. The Balaban J connectivity index is 2.46. The number of halogens is 2. The third kappa shape index (κ3) is 1.90. The minimum Gasteiger partial charge on any atom is -0.364 e. The number of nitrogens with zero attached hydrogens (tertiary/aromatic N) is 2. The Kier molecular flexibility index (Phi) is 2.40. The topological polar surface area (TPSA) is 60.9 Å². The van der Waals surface area contributed by atoms with Crippen LogP contribution in [-0.2, 0) is 0 Å². The van der Waals surface area contributed by atoms with Gasteiger partial charge in [0.15, 0.2) is 5.69 Å². The highest BCUT2D eigenvalue weighted by Gasteiger charge is 2.08. The molecule has 0 spiro atoms. The average molecular weight is 222 g/mol. The summed E-state index contributed by atoms with van der Waals surface area (Å²) in [7, 11) is 0. The molecular formula is C10H6F2N3O. The predicted octanol–water partition coefficient (Wildman–Crippen LogP) is 1.05. The zero-order valence-electron chi connectivity index (χ0n) is 7.95. The highest BCUT2D eigenvalue weighted by atomic mass is 19.1. The van der Waals surface area contributed by atoms with E-state index in [2.05, 4.69) is 11.2 Å². The standard InChI is InChI=1S/C10H6F2N3O/c11-6-3-7(12)5-8(4-6)15-2-1-9(14-15)10(13)16/h2-5H,(H2,13,16). The zero-order chi connectivity index (χ0) is 11.7. The summed E-state index contributed by atoms with van der Waals surface area (Å²) in [4.78, 5) is 10.7. The molecule has 1 heterocycles. The smallest absolute Gasteiger partial charge is 0.269 e. The molecule has 81 valence electrons. The number of carbonyl (C=O) groups excluding carboxylic acids is 1. The summed E-state index contributed by atoms with van der Waals surface area (Å²) in [6.45, 7) is 0. The van der Waals surface area contributed by atoms with Crippen LogP contribution in [-0.4, -0.2) is 15.7 Å². The molecule has 0 aliphatic carbocycles. The molecule has 0 aliphatic rings. The maximum atomic E-state index is 12.9. The Morgan fingerprint density at radius 3 is 2.44 bits per heavy atom. The van der Waals surface area contributed by atoms with E-state index in [1.807, 2.05) is 0 Å². The van der Waals surface area contributed by atoms with Gasteiger partial charge in [-0.05, 0) is 12.1 Å². The molecule has 0 atom stereocenters. The lowest BCUT2D eigenvalue weighted by atomic mass is 10.3. The van der Waals surface area contributed by atoms with E-state index in [1.165, 1.54) is 6.20 Å². The first-order chi connectivity index (χ1) is 7.56. The van der Waals surface area contributed by atoms with Crippen molar-refractivity contribution < 1.29 is 13.6 Å². The molecule has 0 fully saturated rings. The van der Waals surface area contributed by atoms with Crippen molar-refractivity contribution in [2.45, 2.75) is 0 Å². The SMILES string of the molecule is NC(=O)c1[c]cn(-c2cc(F)cc(F)c2)n1. The highest BCUT2D eigenvalue weighted by Crippen LogP contribution is 2.12. The summed E-state index contributed by atoms with van der Waals surface area (Å²) in [6, 6.07) is 5.37. The molecule has 2 rings (SSSR count). The predicted molar refractivity (Wildman–Crippen MR) is 50.8 cm³/mol. The van der Waals surface area contributed by atoms with Crippen LogP contribution >= 0.6 is 0 Å². The Hall–Kier alpha value is -2.24. The fourth-order valence-corrected chi connectivity index (χ4v) is 1.21. The van der Waals surface area contributed by atoms with Gasteiger partial charge in [0, 0.05) is 18.3 Å². The fraction of sp³-hybridized carbons (Fsp3) is 0. The molecule has 16 heavy (non-hydrogen) atoms. The fourth-order valence-electron chi connectivity index (χ4n) is 1.21. The van der Waals surface area contributed by atoms with Gasteiger partial charge in [-0.1, -0.05) is 0 Å². The van der Waals surface area contributed by atoms with Crippen molar-refractivity contribution in [2.75, 3.05) is 0 Å². The van der Waals surface area contributed by atoms with Gasteiger partial charge in [0.05, 0.1) is 5.69 Å². The van der Waals surface area contributed by atoms with Crippen LogP contribution < -0.4 is 5.73 Å². The Bertz CT molecular complexity index is 530. The number of rotatable bonds is 2. The average Bonchev–Trinajstić information content (AvgIpc) is 2.64. The van der Waals surface area contributed by atoms with E-state index in [1.54, 1.807) is 0 Å². The Labute approximate surface area is 89.3 Å². The summed E-state index contributed by atoms with van der Waals surface area (Å²) < 4.78 is 26.9. The third-order valence-electron chi connectivity index (χ3n) is 1.88. The molecule has 2 aromatic rings. The molecule has 1 radical (unpaired) electrons. The van der Waals surface area contributed by atoms with Crippen LogP contribution in [0.3, 0.4) is 0 Å². The van der Waals surface area contributed by atoms with Gasteiger partial charge < -0.3 is 5.73 Å². The van der Waals surface area contributed by atoms with E-state index < -0.39 is 17.5 Å². The molecule has 0 saturated carbocycles. The number of hydrogen-bond donors (Lipinski definition) is 1. The zero-order valence-corrected chi connectivity index (χ0v) is 7.95. The summed E-state index contributed by atoms with van der Waals surface area (Å²) >= 11 is 0. The van der Waals surface area contributed by atoms with Gasteiger partial charge >= 0.3 is 0 Å². The van der Waals surface area contributed by atoms with E-state index in [-0.39, 0.29) is 11.4 Å². The summed E-state index contributed by atoms with van der Waals surface area (Å²) in [5, 5.41) is 3.72. The molecule has 4 nitrogen and oxygen atoms in total. The van der Waals surface area contributed by atoms with Crippen LogP contribution in [0.15, 0.2) is 24.4 Å². The highest BCUT2D eigenvalue weighted by molar-refractivity contribution is 5.90. The number of amides is 1. The Morgan fingerprint density at radius 1 is 1.31 bits per heavy atom. The van der Waals surface area contributed by atoms with E-state index in [0.717, 1.165) is 22.9 Å². The maximum absolute atomic E-state index is 12.9. The van der Waals surface area contributed by atoms with Crippen LogP contribution in [0.1, 0.15) is 10.5 Å². The molecule has 0 aliphatic heterocycles. The van der Waals surface area contributed by atoms with Gasteiger partial charge in [-0.15, -0.1) is 0 Å². The molecule has 0 bridgehead atoms. The van der Waals surface area contributed by atoms with Crippen molar-refractivity contribution in [2.24, 2.45) is 5.73 Å². The normalized spacial score (nSPS) is 10.4. The quantitative estimate of drug-likeness (QED) is 0.825. The molecule has 1 aromatic heterocycles.